The molecular formula is C23H16Cl4F6O. The van der Waals surface area contributed by atoms with E-state index in [4.69, 9.17) is 46.4 Å². The SMILES string of the molecule is O=C(CC1(CC(F)(F)F)CC1)c1ccc(/C=C/C(c2cc(Cl)c(Cl)c(Cl)c2)C(F)(F)F)cc1Cl. The Labute approximate surface area is 211 Å². The van der Waals surface area contributed by atoms with E-state index < -0.39 is 35.9 Å². The van der Waals surface area contributed by atoms with Gasteiger partial charge in [-0.1, -0.05) is 64.6 Å². The summed E-state index contributed by atoms with van der Waals surface area (Å²) in [6.07, 6.45) is -7.73. The molecule has 1 nitrogen and oxygen atoms in total. The topological polar surface area (TPSA) is 17.1 Å². The number of alkyl halides is 6. The predicted octanol–water partition coefficient (Wildman–Crippen LogP) is 9.96. The summed E-state index contributed by atoms with van der Waals surface area (Å²) in [5.74, 6) is -2.60. The lowest BCUT2D eigenvalue weighted by Crippen LogP contribution is -2.19. The van der Waals surface area contributed by atoms with Gasteiger partial charge in [-0.2, -0.15) is 26.3 Å². The average Bonchev–Trinajstić information content (AvgIpc) is 3.41. The Hall–Kier alpha value is -1.41. The highest BCUT2D eigenvalue weighted by molar-refractivity contribution is 6.48. The zero-order chi connectivity index (χ0) is 25.5. The van der Waals surface area contributed by atoms with Crippen LogP contribution in [0.1, 0.15) is 53.1 Å². The highest BCUT2D eigenvalue weighted by atomic mass is 35.5. The van der Waals surface area contributed by atoms with Crippen molar-refractivity contribution in [2.24, 2.45) is 5.41 Å². The van der Waals surface area contributed by atoms with E-state index in [0.29, 0.717) is 12.8 Å². The summed E-state index contributed by atoms with van der Waals surface area (Å²) in [4.78, 5) is 12.5. The Morgan fingerprint density at radius 2 is 1.53 bits per heavy atom. The molecule has 1 saturated carbocycles. The second-order valence-electron chi connectivity index (χ2n) is 8.31. The third kappa shape index (κ3) is 6.84. The second-order valence-corrected chi connectivity index (χ2v) is 9.91. The largest absolute Gasteiger partial charge is 0.399 e. The number of hydrogen-bond donors (Lipinski definition) is 0. The quantitative estimate of drug-likeness (QED) is 0.186. The first kappa shape index (κ1) is 27.2. The Morgan fingerprint density at radius 1 is 0.941 bits per heavy atom. The summed E-state index contributed by atoms with van der Waals surface area (Å²) >= 11 is 23.7. The van der Waals surface area contributed by atoms with Crippen LogP contribution in [0.3, 0.4) is 0 Å². The van der Waals surface area contributed by atoms with E-state index in [0.717, 1.165) is 18.2 Å². The van der Waals surface area contributed by atoms with Gasteiger partial charge in [0.15, 0.2) is 5.78 Å². The molecule has 0 radical (unpaired) electrons. The van der Waals surface area contributed by atoms with Crippen molar-refractivity contribution in [2.45, 2.75) is 44.0 Å². The lowest BCUT2D eigenvalue weighted by atomic mass is 9.92. The van der Waals surface area contributed by atoms with Crippen molar-refractivity contribution in [2.75, 3.05) is 0 Å². The molecule has 0 saturated heterocycles. The molecule has 3 rings (SSSR count). The number of Topliss-reactive ketones (excluding diaryl/α,β-unsaturated/α-hetero) is 1. The Kier molecular flexibility index (Phi) is 7.93. The molecule has 2 aromatic rings. The van der Waals surface area contributed by atoms with Gasteiger partial charge in [0.2, 0.25) is 0 Å². The van der Waals surface area contributed by atoms with E-state index in [1.54, 1.807) is 0 Å². The molecule has 0 spiro atoms. The molecule has 0 N–H and O–H groups in total. The molecule has 34 heavy (non-hydrogen) atoms. The van der Waals surface area contributed by atoms with Crippen LogP contribution >= 0.6 is 46.4 Å². The number of ketones is 1. The van der Waals surface area contributed by atoms with Crippen molar-refractivity contribution in [3.8, 4) is 0 Å². The van der Waals surface area contributed by atoms with Crippen molar-refractivity contribution in [1.29, 1.82) is 0 Å². The zero-order valence-corrected chi connectivity index (χ0v) is 20.2. The summed E-state index contributed by atoms with van der Waals surface area (Å²) in [5, 5.41) is -0.378. The minimum Gasteiger partial charge on any atom is -0.294 e. The zero-order valence-electron chi connectivity index (χ0n) is 17.1. The molecule has 1 unspecified atom stereocenters. The summed E-state index contributed by atoms with van der Waals surface area (Å²) in [7, 11) is 0. The molecule has 0 aliphatic heterocycles. The first-order valence-electron chi connectivity index (χ1n) is 9.89. The van der Waals surface area contributed by atoms with E-state index in [1.807, 2.05) is 0 Å². The average molecular weight is 564 g/mol. The number of rotatable bonds is 7. The molecule has 1 atom stereocenters. The minimum atomic E-state index is -4.67. The monoisotopic (exact) mass is 562 g/mol. The van der Waals surface area contributed by atoms with Crippen molar-refractivity contribution in [3.63, 3.8) is 0 Å². The normalized spacial score (nSPS) is 16.6. The standard InChI is InChI=1S/C23H16Cl4F6O/c24-16-7-12(1-3-14(16)19(34)10-21(5-6-21)11-22(28,29)30)2-4-15(23(31,32)33)13-8-17(25)20(27)18(26)9-13/h1-4,7-9,15H,5-6,10-11H2/b4-2+. The Bertz CT molecular complexity index is 1100. The van der Waals surface area contributed by atoms with Gasteiger partial charge in [0.1, 0.15) is 0 Å². The lowest BCUT2D eigenvalue weighted by molar-refractivity contribution is -0.147. The smallest absolute Gasteiger partial charge is 0.294 e. The van der Waals surface area contributed by atoms with Crippen LogP contribution in [0.25, 0.3) is 6.08 Å². The number of carbonyl (C=O) groups excluding carboxylic acids is 1. The fraction of sp³-hybridized carbons (Fsp3) is 0.348. The number of hydrogen-bond acceptors (Lipinski definition) is 1. The first-order valence-corrected chi connectivity index (χ1v) is 11.4. The van der Waals surface area contributed by atoms with Gasteiger partial charge in [0, 0.05) is 18.4 Å². The Balaban J connectivity index is 1.81. The van der Waals surface area contributed by atoms with Crippen LogP contribution in [0.2, 0.25) is 20.1 Å². The van der Waals surface area contributed by atoms with Gasteiger partial charge >= 0.3 is 12.4 Å². The van der Waals surface area contributed by atoms with Gasteiger partial charge in [0.25, 0.3) is 0 Å². The number of benzene rings is 2. The third-order valence-electron chi connectivity index (χ3n) is 5.56. The molecular weight excluding hydrogens is 548 g/mol. The molecule has 184 valence electrons. The molecule has 1 aliphatic rings. The molecule has 1 fully saturated rings. The predicted molar refractivity (Wildman–Crippen MR) is 122 cm³/mol. The van der Waals surface area contributed by atoms with Gasteiger partial charge < -0.3 is 0 Å². The van der Waals surface area contributed by atoms with Crippen molar-refractivity contribution >= 4 is 58.3 Å². The van der Waals surface area contributed by atoms with E-state index in [1.165, 1.54) is 24.3 Å². The van der Waals surface area contributed by atoms with Gasteiger partial charge in [-0.15, -0.1) is 0 Å². The summed E-state index contributed by atoms with van der Waals surface area (Å²) in [5.41, 5.74) is -1.03. The highest BCUT2D eigenvalue weighted by Crippen LogP contribution is 2.56. The van der Waals surface area contributed by atoms with E-state index in [-0.39, 0.29) is 43.2 Å². The van der Waals surface area contributed by atoms with Crippen LogP contribution < -0.4 is 0 Å². The number of halogens is 10. The summed E-state index contributed by atoms with van der Waals surface area (Å²) in [6, 6.07) is 6.09. The van der Waals surface area contributed by atoms with Crippen molar-refractivity contribution < 1.29 is 31.1 Å². The Morgan fingerprint density at radius 3 is 2.00 bits per heavy atom. The molecule has 0 heterocycles. The molecule has 11 heteroatoms. The molecule has 1 aliphatic carbocycles. The van der Waals surface area contributed by atoms with E-state index in [2.05, 4.69) is 0 Å². The maximum absolute atomic E-state index is 13.7. The van der Waals surface area contributed by atoms with Gasteiger partial charge in [-0.3, -0.25) is 4.79 Å². The summed E-state index contributed by atoms with van der Waals surface area (Å²) < 4.78 is 79.3. The second kappa shape index (κ2) is 9.92. The third-order valence-corrected chi connectivity index (χ3v) is 7.07. The summed E-state index contributed by atoms with van der Waals surface area (Å²) in [6.45, 7) is 0. The number of carbonyl (C=O) groups is 1. The van der Waals surface area contributed by atoms with Crippen molar-refractivity contribution in [1.82, 2.24) is 0 Å². The van der Waals surface area contributed by atoms with Crippen LogP contribution in [0.4, 0.5) is 26.3 Å². The maximum Gasteiger partial charge on any atom is 0.399 e. The van der Waals surface area contributed by atoms with E-state index in [9.17, 15) is 31.1 Å². The first-order chi connectivity index (χ1) is 15.6. The lowest BCUT2D eigenvalue weighted by Gasteiger charge is -2.18. The van der Waals surface area contributed by atoms with Crippen LogP contribution in [0, 0.1) is 5.41 Å². The highest BCUT2D eigenvalue weighted by Gasteiger charge is 2.51. The van der Waals surface area contributed by atoms with Gasteiger partial charge in [-0.05, 0) is 53.6 Å². The molecule has 0 bridgehead atoms. The van der Waals surface area contributed by atoms with Crippen LogP contribution in [-0.4, -0.2) is 18.1 Å². The van der Waals surface area contributed by atoms with Crippen molar-refractivity contribution in [3.05, 3.63) is 73.2 Å². The van der Waals surface area contributed by atoms with Crippen LogP contribution in [0.5, 0.6) is 0 Å². The van der Waals surface area contributed by atoms with Crippen LogP contribution in [0.15, 0.2) is 36.4 Å². The fourth-order valence-electron chi connectivity index (χ4n) is 3.69. The minimum absolute atomic E-state index is 0.0240. The van der Waals surface area contributed by atoms with Gasteiger partial charge in [-0.25, -0.2) is 0 Å². The molecule has 0 aromatic heterocycles. The fourth-order valence-corrected chi connectivity index (χ4v) is 4.59. The van der Waals surface area contributed by atoms with E-state index >= 15 is 0 Å². The van der Waals surface area contributed by atoms with Crippen LogP contribution in [-0.2, 0) is 0 Å². The number of allylic oxidation sites excluding steroid dienone is 1. The van der Waals surface area contributed by atoms with Gasteiger partial charge in [0.05, 0.1) is 26.0 Å². The molecule has 2 aromatic carbocycles. The maximum atomic E-state index is 13.7. The molecule has 0 amide bonds.